The third-order valence-electron chi connectivity index (χ3n) is 5.58. The van der Waals surface area contributed by atoms with E-state index in [9.17, 15) is 14.7 Å². The lowest BCUT2D eigenvalue weighted by molar-refractivity contribution is 0.0714. The van der Waals surface area contributed by atoms with Crippen LogP contribution in [0.3, 0.4) is 0 Å². The number of hydrogen-bond acceptors (Lipinski definition) is 5. The number of rotatable bonds is 5. The molecular weight excluding hydrogens is 386 g/mol. The molecule has 1 aromatic carbocycles. The highest BCUT2D eigenvalue weighted by molar-refractivity contribution is 5.99. The zero-order valence-electron chi connectivity index (χ0n) is 17.0. The molecule has 1 aliphatic rings. The Morgan fingerprint density at radius 2 is 2.17 bits per heavy atom. The highest BCUT2D eigenvalue weighted by atomic mass is 16.3. The van der Waals surface area contributed by atoms with Crippen LogP contribution in [0.2, 0.25) is 0 Å². The van der Waals surface area contributed by atoms with Gasteiger partial charge < -0.3 is 25.0 Å². The van der Waals surface area contributed by atoms with Gasteiger partial charge in [-0.2, -0.15) is 5.10 Å². The number of carbonyl (C=O) groups excluding carboxylic acids is 2. The minimum Gasteiger partial charge on any atom is -0.395 e. The monoisotopic (exact) mass is 411 g/mol. The van der Waals surface area contributed by atoms with Crippen LogP contribution in [0, 0.1) is 0 Å². The van der Waals surface area contributed by atoms with Gasteiger partial charge in [0.1, 0.15) is 5.69 Å². The Bertz CT molecular complexity index is 1100. The molecule has 4 rings (SSSR count). The highest BCUT2D eigenvalue weighted by Gasteiger charge is 2.30. The molecule has 158 valence electrons. The number of fused-ring (bicyclic) bond motifs is 2. The van der Waals surface area contributed by atoms with Crippen molar-refractivity contribution < 1.29 is 19.8 Å². The number of aromatic nitrogens is 3. The summed E-state index contributed by atoms with van der Waals surface area (Å²) in [5.41, 5.74) is 3.84. The maximum absolute atomic E-state index is 13.2. The van der Waals surface area contributed by atoms with Gasteiger partial charge >= 0.3 is 0 Å². The number of aliphatic hydroxyl groups excluding tert-OH is 2. The molecule has 9 nitrogen and oxygen atoms in total. The van der Waals surface area contributed by atoms with E-state index in [0.717, 1.165) is 22.2 Å². The maximum atomic E-state index is 13.2. The van der Waals surface area contributed by atoms with E-state index < -0.39 is 6.10 Å². The van der Waals surface area contributed by atoms with Gasteiger partial charge in [0.05, 0.1) is 19.3 Å². The molecule has 30 heavy (non-hydrogen) atoms. The van der Waals surface area contributed by atoms with Crippen molar-refractivity contribution in [2.24, 2.45) is 0 Å². The van der Waals surface area contributed by atoms with E-state index in [1.807, 2.05) is 18.2 Å². The zero-order chi connectivity index (χ0) is 21.4. The molecule has 0 spiro atoms. The summed E-state index contributed by atoms with van der Waals surface area (Å²) in [7, 11) is 1.61. The average Bonchev–Trinajstić information content (AvgIpc) is 3.36. The van der Waals surface area contributed by atoms with E-state index in [-0.39, 0.29) is 37.2 Å². The smallest absolute Gasteiger partial charge is 0.274 e. The number of benzene rings is 1. The first-order chi connectivity index (χ1) is 14.4. The predicted molar refractivity (Wildman–Crippen MR) is 110 cm³/mol. The second kappa shape index (κ2) is 7.92. The number of aliphatic hydroxyl groups is 2. The minimum atomic E-state index is -0.639. The molecule has 4 N–H and O–H groups in total. The minimum absolute atomic E-state index is 0.131. The van der Waals surface area contributed by atoms with E-state index >= 15 is 0 Å². The van der Waals surface area contributed by atoms with E-state index in [1.165, 1.54) is 4.90 Å². The Kier molecular flexibility index (Phi) is 5.31. The van der Waals surface area contributed by atoms with Crippen molar-refractivity contribution in [3.8, 4) is 0 Å². The van der Waals surface area contributed by atoms with Gasteiger partial charge in [0, 0.05) is 48.7 Å². The number of nitrogens with zero attached hydrogens (tertiary/aromatic N) is 3. The van der Waals surface area contributed by atoms with Gasteiger partial charge in [-0.1, -0.05) is 12.1 Å². The van der Waals surface area contributed by atoms with Crippen molar-refractivity contribution in [2.75, 3.05) is 26.7 Å². The summed E-state index contributed by atoms with van der Waals surface area (Å²) in [6.07, 6.45) is -0.0649. The van der Waals surface area contributed by atoms with Gasteiger partial charge in [-0.3, -0.25) is 14.7 Å². The van der Waals surface area contributed by atoms with E-state index in [1.54, 1.807) is 24.9 Å². The van der Waals surface area contributed by atoms with Gasteiger partial charge in [-0.05, 0) is 24.6 Å². The van der Waals surface area contributed by atoms with Crippen LogP contribution in [0.5, 0.6) is 0 Å². The summed E-state index contributed by atoms with van der Waals surface area (Å²) in [5.74, 6) is -0.459. The van der Waals surface area contributed by atoms with Gasteiger partial charge in [0.25, 0.3) is 11.8 Å². The van der Waals surface area contributed by atoms with Crippen molar-refractivity contribution >= 4 is 22.7 Å². The topological polar surface area (TPSA) is 126 Å². The van der Waals surface area contributed by atoms with Crippen LogP contribution in [0.15, 0.2) is 24.3 Å². The fraction of sp³-hybridized carbons (Fsp3) is 0.381. The van der Waals surface area contributed by atoms with Crippen molar-refractivity contribution in [2.45, 2.75) is 26.0 Å². The molecule has 2 amide bonds. The van der Waals surface area contributed by atoms with Crippen LogP contribution in [0.4, 0.5) is 0 Å². The summed E-state index contributed by atoms with van der Waals surface area (Å²) >= 11 is 0. The molecule has 3 heterocycles. The maximum Gasteiger partial charge on any atom is 0.274 e. The molecule has 0 radical (unpaired) electrons. The first kappa shape index (κ1) is 20.1. The number of amides is 2. The van der Waals surface area contributed by atoms with Gasteiger partial charge in [-0.25, -0.2) is 0 Å². The fourth-order valence-corrected chi connectivity index (χ4v) is 3.91. The van der Waals surface area contributed by atoms with Crippen molar-refractivity contribution in [3.05, 3.63) is 52.5 Å². The summed E-state index contributed by atoms with van der Waals surface area (Å²) in [5, 5.41) is 27.0. The first-order valence-electron chi connectivity index (χ1n) is 9.92. The lowest BCUT2D eigenvalue weighted by Crippen LogP contribution is -2.37. The number of likely N-dealkylation sites (N-methyl/N-ethyl adjacent to an activating group) is 1. The lowest BCUT2D eigenvalue weighted by Gasteiger charge is -2.27. The molecule has 9 heteroatoms. The molecule has 1 aliphatic heterocycles. The molecule has 0 aliphatic carbocycles. The van der Waals surface area contributed by atoms with Gasteiger partial charge in [0.15, 0.2) is 5.69 Å². The molecular formula is C21H25N5O4. The van der Waals surface area contributed by atoms with E-state index in [2.05, 4.69) is 15.2 Å². The zero-order valence-corrected chi connectivity index (χ0v) is 17.0. The average molecular weight is 411 g/mol. The Morgan fingerprint density at radius 1 is 1.37 bits per heavy atom. The van der Waals surface area contributed by atoms with Crippen molar-refractivity contribution in [1.29, 1.82) is 0 Å². The summed E-state index contributed by atoms with van der Waals surface area (Å²) in [4.78, 5) is 32.1. The third-order valence-corrected chi connectivity index (χ3v) is 5.58. The second-order valence-electron chi connectivity index (χ2n) is 7.62. The molecule has 0 bridgehead atoms. The van der Waals surface area contributed by atoms with Crippen LogP contribution in [0.1, 0.15) is 50.8 Å². The fourth-order valence-electron chi connectivity index (χ4n) is 3.91. The van der Waals surface area contributed by atoms with Gasteiger partial charge in [0.2, 0.25) is 0 Å². The SMILES string of the molecule is CC(O)c1cccc2[nH]c(C(=O)N3CCc4[nH]nc(C(=O)N(C)CCO)c4C3)cc12. The summed E-state index contributed by atoms with van der Waals surface area (Å²) in [6.45, 7) is 2.56. The van der Waals surface area contributed by atoms with E-state index in [0.29, 0.717) is 24.2 Å². The number of hydrogen-bond donors (Lipinski definition) is 4. The molecule has 0 saturated heterocycles. The molecule has 2 aromatic heterocycles. The molecule has 1 atom stereocenters. The van der Waals surface area contributed by atoms with Crippen molar-refractivity contribution in [3.63, 3.8) is 0 Å². The third kappa shape index (κ3) is 3.46. The van der Waals surface area contributed by atoms with Crippen molar-refractivity contribution in [1.82, 2.24) is 25.0 Å². The van der Waals surface area contributed by atoms with Crippen LogP contribution >= 0.6 is 0 Å². The highest BCUT2D eigenvalue weighted by Crippen LogP contribution is 2.27. The number of H-pyrrole nitrogens is 2. The molecule has 1 unspecified atom stereocenters. The van der Waals surface area contributed by atoms with E-state index in [4.69, 9.17) is 5.11 Å². The number of carbonyl (C=O) groups is 2. The quantitative estimate of drug-likeness (QED) is 0.502. The Hall–Kier alpha value is -3.17. The first-order valence-corrected chi connectivity index (χ1v) is 9.92. The van der Waals surface area contributed by atoms with Crippen LogP contribution in [-0.2, 0) is 13.0 Å². The number of aromatic amines is 2. The number of nitrogens with one attached hydrogen (secondary N) is 2. The Morgan fingerprint density at radius 3 is 2.90 bits per heavy atom. The summed E-state index contributed by atoms with van der Waals surface area (Å²) < 4.78 is 0. The second-order valence-corrected chi connectivity index (χ2v) is 7.62. The van der Waals surface area contributed by atoms with Gasteiger partial charge in [-0.15, -0.1) is 0 Å². The standard InChI is InChI=1S/C21H25N5O4/c1-12(28)13-4-3-5-16-14(13)10-18(22-16)20(29)26-7-6-17-15(11-26)19(24-23-17)21(30)25(2)8-9-27/h3-5,10,12,22,27-28H,6-9,11H2,1-2H3,(H,23,24). The lowest BCUT2D eigenvalue weighted by atomic mass is 10.0. The van der Waals surface area contributed by atoms with Crippen LogP contribution in [0.25, 0.3) is 10.9 Å². The Balaban J connectivity index is 1.60. The van der Waals surface area contributed by atoms with Crippen LogP contribution in [-0.4, -0.2) is 73.8 Å². The molecule has 3 aromatic rings. The normalized spacial score (nSPS) is 14.6. The predicted octanol–water partition coefficient (Wildman–Crippen LogP) is 1.21. The molecule has 0 fully saturated rings. The van der Waals surface area contributed by atoms with Crippen LogP contribution < -0.4 is 0 Å². The Labute approximate surface area is 173 Å². The largest absolute Gasteiger partial charge is 0.395 e. The summed E-state index contributed by atoms with van der Waals surface area (Å²) in [6, 6.07) is 7.32. The molecule has 0 saturated carbocycles.